The molecule has 0 bridgehead atoms. The quantitative estimate of drug-likeness (QED) is 0.450. The minimum Gasteiger partial charge on any atom is -0.457 e. The van der Waals surface area contributed by atoms with Crippen LogP contribution in [0.25, 0.3) is 0 Å². The summed E-state index contributed by atoms with van der Waals surface area (Å²) in [6, 6.07) is 5.34. The van der Waals surface area contributed by atoms with Crippen LogP contribution in [0.3, 0.4) is 0 Å². The third-order valence-electron chi connectivity index (χ3n) is 2.99. The van der Waals surface area contributed by atoms with Gasteiger partial charge in [0.05, 0.1) is 16.9 Å². The summed E-state index contributed by atoms with van der Waals surface area (Å²) in [6.45, 7) is -0.170. The van der Waals surface area contributed by atoms with Crippen molar-refractivity contribution in [1.82, 2.24) is 9.97 Å². The molecule has 1 aromatic carbocycles. The Morgan fingerprint density at radius 2 is 1.76 bits per heavy atom. The summed E-state index contributed by atoms with van der Waals surface area (Å²) in [6.07, 6.45) is -2.13. The fourth-order valence-corrected chi connectivity index (χ4v) is 1.77. The van der Waals surface area contributed by atoms with E-state index in [9.17, 15) is 17.6 Å². The first-order valence-electron chi connectivity index (χ1n) is 6.98. The number of ether oxygens (including phenoxy) is 1. The topological polar surface area (TPSA) is 90.3 Å². The van der Waals surface area contributed by atoms with E-state index >= 15 is 0 Å². The Morgan fingerprint density at radius 1 is 1.12 bits per heavy atom. The molecular formula is C15H15F4N5O. The Labute approximate surface area is 140 Å². The molecule has 1 heterocycles. The number of benzene rings is 1. The van der Waals surface area contributed by atoms with Crippen LogP contribution in [0.2, 0.25) is 0 Å². The van der Waals surface area contributed by atoms with Gasteiger partial charge in [-0.3, -0.25) is 5.01 Å². The van der Waals surface area contributed by atoms with Gasteiger partial charge >= 0.3 is 6.01 Å². The van der Waals surface area contributed by atoms with E-state index in [1.54, 1.807) is 0 Å². The summed E-state index contributed by atoms with van der Waals surface area (Å²) in [7, 11) is 0. The number of anilines is 1. The maximum Gasteiger partial charge on any atom is 0.316 e. The number of aromatic nitrogens is 2. The fourth-order valence-electron chi connectivity index (χ4n) is 1.77. The highest BCUT2D eigenvalue weighted by atomic mass is 19.3. The second-order valence-electron chi connectivity index (χ2n) is 4.90. The molecule has 2 rings (SSSR count). The zero-order valence-corrected chi connectivity index (χ0v) is 12.8. The SMILES string of the molecule is N/C(=C\N(N)c1cccc(C(F)F)c1)COc1ncc(C(F)F)cn1. The molecule has 0 radical (unpaired) electrons. The number of nitrogens with zero attached hydrogens (tertiary/aromatic N) is 3. The molecule has 0 aliphatic heterocycles. The molecule has 134 valence electrons. The fraction of sp³-hybridized carbons (Fsp3) is 0.200. The van der Waals surface area contributed by atoms with Gasteiger partial charge in [0, 0.05) is 24.2 Å². The van der Waals surface area contributed by atoms with E-state index in [4.69, 9.17) is 16.3 Å². The standard InChI is InChI=1S/C15H15F4N5O/c16-13(17)9-2-1-3-12(4-9)24(21)7-11(20)8-25-15-22-5-10(6-23-15)14(18)19/h1-7,13-14H,8,20-21H2/b11-7-. The van der Waals surface area contributed by atoms with Crippen LogP contribution in [-0.2, 0) is 0 Å². The monoisotopic (exact) mass is 357 g/mol. The molecule has 0 aliphatic rings. The van der Waals surface area contributed by atoms with Gasteiger partial charge in [-0.2, -0.15) is 0 Å². The largest absolute Gasteiger partial charge is 0.457 e. The highest BCUT2D eigenvalue weighted by molar-refractivity contribution is 5.50. The molecule has 0 amide bonds. The lowest BCUT2D eigenvalue weighted by atomic mass is 10.2. The van der Waals surface area contributed by atoms with Crippen molar-refractivity contribution < 1.29 is 22.3 Å². The van der Waals surface area contributed by atoms with E-state index in [1.807, 2.05) is 0 Å². The van der Waals surface area contributed by atoms with Crippen LogP contribution >= 0.6 is 0 Å². The molecule has 25 heavy (non-hydrogen) atoms. The third-order valence-corrected chi connectivity index (χ3v) is 2.99. The maximum atomic E-state index is 12.7. The van der Waals surface area contributed by atoms with Gasteiger partial charge in [-0.05, 0) is 12.1 Å². The lowest BCUT2D eigenvalue weighted by Gasteiger charge is -2.16. The van der Waals surface area contributed by atoms with Crippen molar-refractivity contribution in [1.29, 1.82) is 0 Å². The summed E-state index contributed by atoms with van der Waals surface area (Å²) in [4.78, 5) is 7.23. The van der Waals surface area contributed by atoms with Crippen LogP contribution < -0.4 is 21.3 Å². The van der Waals surface area contributed by atoms with Crippen molar-refractivity contribution in [3.8, 4) is 6.01 Å². The lowest BCUT2D eigenvalue weighted by molar-refractivity contribution is 0.150. The van der Waals surface area contributed by atoms with Crippen molar-refractivity contribution in [2.45, 2.75) is 12.9 Å². The number of halogens is 4. The second-order valence-corrected chi connectivity index (χ2v) is 4.90. The average molecular weight is 357 g/mol. The van der Waals surface area contributed by atoms with E-state index in [2.05, 4.69) is 9.97 Å². The molecule has 0 fully saturated rings. The normalized spacial score (nSPS) is 11.9. The number of nitrogens with two attached hydrogens (primary N) is 2. The van der Waals surface area contributed by atoms with Gasteiger partial charge in [0.2, 0.25) is 0 Å². The summed E-state index contributed by atoms with van der Waals surface area (Å²) in [5.74, 6) is 5.75. The number of hydrogen-bond acceptors (Lipinski definition) is 6. The first-order valence-corrected chi connectivity index (χ1v) is 6.98. The van der Waals surface area contributed by atoms with Gasteiger partial charge in [0.15, 0.2) is 0 Å². The minimum absolute atomic E-state index is 0.135. The number of rotatable bonds is 7. The summed E-state index contributed by atoms with van der Waals surface area (Å²) < 4.78 is 55.3. The Balaban J connectivity index is 1.97. The van der Waals surface area contributed by atoms with Gasteiger partial charge in [-0.1, -0.05) is 12.1 Å². The first kappa shape index (κ1) is 18.5. The predicted molar refractivity (Wildman–Crippen MR) is 82.8 cm³/mol. The van der Waals surface area contributed by atoms with Gasteiger partial charge in [0.25, 0.3) is 12.9 Å². The van der Waals surface area contributed by atoms with E-state index in [1.165, 1.54) is 30.5 Å². The Bertz CT molecular complexity index is 724. The maximum absolute atomic E-state index is 12.7. The van der Waals surface area contributed by atoms with E-state index < -0.39 is 12.9 Å². The molecule has 4 N–H and O–H groups in total. The van der Waals surface area contributed by atoms with Crippen LogP contribution in [0.15, 0.2) is 48.6 Å². The smallest absolute Gasteiger partial charge is 0.316 e. The van der Waals surface area contributed by atoms with Crippen LogP contribution in [0.4, 0.5) is 23.2 Å². The van der Waals surface area contributed by atoms with Crippen molar-refractivity contribution in [2.75, 3.05) is 11.6 Å². The van der Waals surface area contributed by atoms with Crippen molar-refractivity contribution in [2.24, 2.45) is 11.6 Å². The van der Waals surface area contributed by atoms with Gasteiger partial charge in [-0.15, -0.1) is 0 Å². The second kappa shape index (κ2) is 8.29. The van der Waals surface area contributed by atoms with E-state index in [0.717, 1.165) is 17.4 Å². The molecule has 0 aliphatic carbocycles. The molecule has 0 spiro atoms. The van der Waals surface area contributed by atoms with E-state index in [-0.39, 0.29) is 29.4 Å². The summed E-state index contributed by atoms with van der Waals surface area (Å²) in [5, 5.41) is 1.06. The first-order chi connectivity index (χ1) is 11.9. The van der Waals surface area contributed by atoms with E-state index in [0.29, 0.717) is 5.69 Å². The predicted octanol–water partition coefficient (Wildman–Crippen LogP) is 2.91. The molecule has 6 nitrogen and oxygen atoms in total. The molecule has 0 saturated carbocycles. The summed E-state index contributed by atoms with van der Waals surface area (Å²) >= 11 is 0. The molecule has 0 unspecified atom stereocenters. The van der Waals surface area contributed by atoms with Gasteiger partial charge < -0.3 is 10.5 Å². The lowest BCUT2D eigenvalue weighted by Crippen LogP contribution is -2.27. The highest BCUT2D eigenvalue weighted by Crippen LogP contribution is 2.23. The number of hydrogen-bond donors (Lipinski definition) is 2. The third kappa shape index (κ3) is 5.31. The van der Waals surface area contributed by atoms with Gasteiger partial charge in [-0.25, -0.2) is 33.4 Å². The zero-order chi connectivity index (χ0) is 18.4. The van der Waals surface area contributed by atoms with Crippen molar-refractivity contribution in [3.63, 3.8) is 0 Å². The average Bonchev–Trinajstić information content (AvgIpc) is 2.60. The van der Waals surface area contributed by atoms with Crippen LogP contribution in [-0.4, -0.2) is 16.6 Å². The van der Waals surface area contributed by atoms with Crippen LogP contribution in [0.1, 0.15) is 24.0 Å². The van der Waals surface area contributed by atoms with Crippen LogP contribution in [0, 0.1) is 0 Å². The van der Waals surface area contributed by atoms with Gasteiger partial charge in [0.1, 0.15) is 6.61 Å². The molecule has 2 aromatic rings. The molecule has 10 heteroatoms. The Morgan fingerprint density at radius 3 is 2.36 bits per heavy atom. The van der Waals surface area contributed by atoms with Crippen LogP contribution in [0.5, 0.6) is 6.01 Å². The number of alkyl halides is 4. The minimum atomic E-state index is -2.67. The highest BCUT2D eigenvalue weighted by Gasteiger charge is 2.10. The molecule has 0 saturated heterocycles. The summed E-state index contributed by atoms with van der Waals surface area (Å²) in [5.41, 5.74) is 5.67. The molecular weight excluding hydrogens is 342 g/mol. The Hall–Kier alpha value is -2.88. The molecule has 0 atom stereocenters. The molecule has 1 aromatic heterocycles. The van der Waals surface area contributed by atoms with Crippen molar-refractivity contribution in [3.05, 3.63) is 59.7 Å². The zero-order valence-electron chi connectivity index (χ0n) is 12.8. The van der Waals surface area contributed by atoms with Crippen molar-refractivity contribution >= 4 is 5.69 Å². The number of hydrazine groups is 1. The Kier molecular flexibility index (Phi) is 6.12.